The number of aliphatic hydroxyl groups excluding tert-OH is 1. The fourth-order valence-corrected chi connectivity index (χ4v) is 2.32. The summed E-state index contributed by atoms with van der Waals surface area (Å²) in [5.74, 6) is 0.816. The van der Waals surface area contributed by atoms with Gasteiger partial charge in [0.15, 0.2) is 0 Å². The van der Waals surface area contributed by atoms with Crippen LogP contribution in [0.15, 0.2) is 48.5 Å². The van der Waals surface area contributed by atoms with Crippen LogP contribution in [-0.2, 0) is 12.8 Å². The van der Waals surface area contributed by atoms with Gasteiger partial charge in [0.25, 0.3) is 0 Å². The van der Waals surface area contributed by atoms with E-state index < -0.39 is 6.10 Å². The molecule has 0 saturated carbocycles. The Balaban J connectivity index is 1.92. The molecule has 0 bridgehead atoms. The van der Waals surface area contributed by atoms with E-state index in [1.54, 1.807) is 0 Å². The van der Waals surface area contributed by atoms with Crippen molar-refractivity contribution >= 4 is 0 Å². The maximum Gasteiger partial charge on any atom is 0.119 e. The second kappa shape index (κ2) is 7.84. The quantitative estimate of drug-likeness (QED) is 0.820. The smallest absolute Gasteiger partial charge is 0.119 e. The van der Waals surface area contributed by atoms with Crippen LogP contribution in [0.4, 0.5) is 0 Å². The molecule has 2 rings (SSSR count). The first-order chi connectivity index (χ1) is 10.2. The van der Waals surface area contributed by atoms with Crippen LogP contribution in [0, 0.1) is 0 Å². The summed E-state index contributed by atoms with van der Waals surface area (Å²) in [5.41, 5.74) is 3.46. The predicted octanol–water partition coefficient (Wildman–Crippen LogP) is 4.31. The minimum Gasteiger partial charge on any atom is -0.491 e. The number of aryl methyl sites for hydroxylation is 2. The second-order valence-electron chi connectivity index (χ2n) is 5.32. The zero-order valence-corrected chi connectivity index (χ0v) is 12.9. The van der Waals surface area contributed by atoms with Gasteiger partial charge in [-0.1, -0.05) is 56.7 Å². The van der Waals surface area contributed by atoms with Crippen molar-refractivity contribution in [2.45, 2.75) is 39.2 Å². The lowest BCUT2D eigenvalue weighted by Gasteiger charge is -2.13. The summed E-state index contributed by atoms with van der Waals surface area (Å²) < 4.78 is 5.69. The molecule has 0 aromatic heterocycles. The van der Waals surface area contributed by atoms with Crippen molar-refractivity contribution in [1.82, 2.24) is 0 Å². The van der Waals surface area contributed by atoms with Crippen molar-refractivity contribution < 1.29 is 9.84 Å². The molecule has 0 amide bonds. The van der Waals surface area contributed by atoms with Crippen molar-refractivity contribution in [2.75, 3.05) is 6.61 Å². The molecule has 21 heavy (non-hydrogen) atoms. The van der Waals surface area contributed by atoms with Crippen LogP contribution in [0.3, 0.4) is 0 Å². The molecule has 2 heteroatoms. The van der Waals surface area contributed by atoms with E-state index in [4.69, 9.17) is 4.74 Å². The van der Waals surface area contributed by atoms with Crippen LogP contribution in [0.1, 0.15) is 43.1 Å². The SMILES string of the molecule is CCCc1ccc(C(O)COc2cccc(CC)c2)cc1. The highest BCUT2D eigenvalue weighted by atomic mass is 16.5. The van der Waals surface area contributed by atoms with Crippen LogP contribution >= 0.6 is 0 Å². The third-order valence-corrected chi connectivity index (χ3v) is 3.62. The average molecular weight is 284 g/mol. The summed E-state index contributed by atoms with van der Waals surface area (Å²) in [5, 5.41) is 10.2. The van der Waals surface area contributed by atoms with E-state index in [0.717, 1.165) is 30.6 Å². The normalized spacial score (nSPS) is 12.1. The molecule has 2 aromatic rings. The predicted molar refractivity (Wildman–Crippen MR) is 86.7 cm³/mol. The standard InChI is InChI=1S/C19H24O2/c1-3-6-16-9-11-17(12-10-16)19(20)14-21-18-8-5-7-15(4-2)13-18/h5,7-13,19-20H,3-4,6,14H2,1-2H3. The number of benzene rings is 2. The first-order valence-electron chi connectivity index (χ1n) is 7.71. The van der Waals surface area contributed by atoms with Gasteiger partial charge in [0, 0.05) is 0 Å². The van der Waals surface area contributed by atoms with Crippen molar-refractivity contribution in [1.29, 1.82) is 0 Å². The lowest BCUT2D eigenvalue weighted by molar-refractivity contribution is 0.108. The number of rotatable bonds is 7. The van der Waals surface area contributed by atoms with Crippen LogP contribution < -0.4 is 4.74 Å². The van der Waals surface area contributed by atoms with E-state index in [0.29, 0.717) is 0 Å². The molecule has 0 aliphatic carbocycles. The molecule has 1 atom stereocenters. The summed E-state index contributed by atoms with van der Waals surface area (Å²) >= 11 is 0. The van der Waals surface area contributed by atoms with Crippen molar-refractivity contribution in [3.8, 4) is 5.75 Å². The Kier molecular flexibility index (Phi) is 5.82. The van der Waals surface area contributed by atoms with Crippen molar-refractivity contribution in [3.05, 3.63) is 65.2 Å². The minimum atomic E-state index is -0.592. The van der Waals surface area contributed by atoms with Gasteiger partial charge >= 0.3 is 0 Å². The van der Waals surface area contributed by atoms with E-state index in [1.807, 2.05) is 30.3 Å². The summed E-state index contributed by atoms with van der Waals surface area (Å²) in [4.78, 5) is 0. The van der Waals surface area contributed by atoms with Gasteiger partial charge in [0.05, 0.1) is 0 Å². The zero-order valence-electron chi connectivity index (χ0n) is 12.9. The largest absolute Gasteiger partial charge is 0.491 e. The van der Waals surface area contributed by atoms with Gasteiger partial charge in [-0.2, -0.15) is 0 Å². The summed E-state index contributed by atoms with van der Waals surface area (Å²) in [6.45, 7) is 4.56. The lowest BCUT2D eigenvalue weighted by Crippen LogP contribution is -2.09. The van der Waals surface area contributed by atoms with Crippen LogP contribution in [0.25, 0.3) is 0 Å². The van der Waals surface area contributed by atoms with E-state index in [1.165, 1.54) is 11.1 Å². The van der Waals surface area contributed by atoms with E-state index >= 15 is 0 Å². The molecular formula is C19H24O2. The highest BCUT2D eigenvalue weighted by molar-refractivity contribution is 5.29. The summed E-state index contributed by atoms with van der Waals surface area (Å²) in [7, 11) is 0. The zero-order chi connectivity index (χ0) is 15.1. The van der Waals surface area contributed by atoms with Gasteiger partial charge in [0.2, 0.25) is 0 Å². The van der Waals surface area contributed by atoms with Gasteiger partial charge in [-0.05, 0) is 41.7 Å². The van der Waals surface area contributed by atoms with Crippen molar-refractivity contribution in [2.24, 2.45) is 0 Å². The summed E-state index contributed by atoms with van der Waals surface area (Å²) in [6.07, 6.45) is 2.61. The molecule has 0 heterocycles. The van der Waals surface area contributed by atoms with Crippen LogP contribution in [0.5, 0.6) is 5.75 Å². The Bertz CT molecular complexity index is 546. The molecule has 0 aliphatic heterocycles. The first kappa shape index (κ1) is 15.6. The maximum absolute atomic E-state index is 10.2. The number of hydrogen-bond donors (Lipinski definition) is 1. The Labute approximate surface area is 127 Å². The minimum absolute atomic E-state index is 0.278. The molecule has 1 unspecified atom stereocenters. The van der Waals surface area contributed by atoms with Crippen LogP contribution in [0.2, 0.25) is 0 Å². The van der Waals surface area contributed by atoms with Gasteiger partial charge in [-0.3, -0.25) is 0 Å². The van der Waals surface area contributed by atoms with E-state index in [2.05, 4.69) is 32.0 Å². The molecule has 0 fully saturated rings. The monoisotopic (exact) mass is 284 g/mol. The van der Waals surface area contributed by atoms with Gasteiger partial charge in [0.1, 0.15) is 18.5 Å². The molecule has 1 N–H and O–H groups in total. The first-order valence-corrected chi connectivity index (χ1v) is 7.71. The molecule has 0 saturated heterocycles. The third kappa shape index (κ3) is 4.61. The van der Waals surface area contributed by atoms with Gasteiger partial charge in [-0.25, -0.2) is 0 Å². The molecule has 0 radical (unpaired) electrons. The molecule has 2 nitrogen and oxygen atoms in total. The van der Waals surface area contributed by atoms with Crippen LogP contribution in [-0.4, -0.2) is 11.7 Å². The maximum atomic E-state index is 10.2. The fraction of sp³-hybridized carbons (Fsp3) is 0.368. The second-order valence-corrected chi connectivity index (χ2v) is 5.32. The number of ether oxygens (including phenoxy) is 1. The molecule has 112 valence electrons. The Hall–Kier alpha value is -1.80. The van der Waals surface area contributed by atoms with E-state index in [9.17, 15) is 5.11 Å². The Morgan fingerprint density at radius 2 is 1.76 bits per heavy atom. The Morgan fingerprint density at radius 1 is 1.00 bits per heavy atom. The molecular weight excluding hydrogens is 260 g/mol. The highest BCUT2D eigenvalue weighted by Crippen LogP contribution is 2.18. The topological polar surface area (TPSA) is 29.5 Å². The molecule has 0 spiro atoms. The fourth-order valence-electron chi connectivity index (χ4n) is 2.32. The van der Waals surface area contributed by atoms with Crippen molar-refractivity contribution in [3.63, 3.8) is 0 Å². The number of aliphatic hydroxyl groups is 1. The third-order valence-electron chi connectivity index (χ3n) is 3.62. The number of hydrogen-bond acceptors (Lipinski definition) is 2. The molecule has 0 aliphatic rings. The highest BCUT2D eigenvalue weighted by Gasteiger charge is 2.08. The Morgan fingerprint density at radius 3 is 2.43 bits per heavy atom. The van der Waals surface area contributed by atoms with Gasteiger partial charge < -0.3 is 9.84 Å². The van der Waals surface area contributed by atoms with E-state index in [-0.39, 0.29) is 6.61 Å². The summed E-state index contributed by atoms with van der Waals surface area (Å²) in [6, 6.07) is 16.2. The average Bonchev–Trinajstić information content (AvgIpc) is 2.54. The molecule has 2 aromatic carbocycles. The van der Waals surface area contributed by atoms with Gasteiger partial charge in [-0.15, -0.1) is 0 Å². The lowest BCUT2D eigenvalue weighted by atomic mass is 10.0.